The number of benzene rings is 2. The summed E-state index contributed by atoms with van der Waals surface area (Å²) in [6, 6.07) is 15.9. The van der Waals surface area contributed by atoms with Crippen LogP contribution in [0.4, 0.5) is 5.00 Å². The van der Waals surface area contributed by atoms with Gasteiger partial charge < -0.3 is 5.41 Å². The van der Waals surface area contributed by atoms with E-state index in [1.54, 1.807) is 37.3 Å². The highest BCUT2D eigenvalue weighted by Gasteiger charge is 2.29. The number of anilines is 1. The summed E-state index contributed by atoms with van der Waals surface area (Å²) in [6.45, 7) is 1.71. The lowest BCUT2D eigenvalue weighted by atomic mass is 10.1. The molecule has 1 N–H and O–H groups in total. The van der Waals surface area contributed by atoms with Crippen LogP contribution in [0.3, 0.4) is 0 Å². The number of halogens is 1. The van der Waals surface area contributed by atoms with Crippen LogP contribution >= 0.6 is 27.3 Å². The lowest BCUT2D eigenvalue weighted by molar-refractivity contribution is -0.112. The fourth-order valence-corrected chi connectivity index (χ4v) is 6.66. The minimum absolute atomic E-state index is 0.0211. The number of thiophene rings is 1. The first-order valence-electron chi connectivity index (χ1n) is 8.71. The minimum Gasteiger partial charge on any atom is -0.302 e. The van der Waals surface area contributed by atoms with Crippen molar-refractivity contribution in [1.82, 2.24) is 0 Å². The molecule has 2 aromatic carbocycles. The molecule has 0 saturated carbocycles. The van der Waals surface area contributed by atoms with E-state index < -0.39 is 10.0 Å². The summed E-state index contributed by atoms with van der Waals surface area (Å²) in [6.07, 6.45) is 0.288. The molecule has 3 rings (SSSR count). The van der Waals surface area contributed by atoms with E-state index in [9.17, 15) is 13.2 Å². The van der Waals surface area contributed by atoms with Crippen LogP contribution in [-0.4, -0.2) is 26.5 Å². The number of ketones is 1. The second-order valence-electron chi connectivity index (χ2n) is 6.11. The maximum Gasteiger partial charge on any atom is 0.264 e. The second-order valence-corrected chi connectivity index (χ2v) is 9.80. The number of nitrogens with zero attached hydrogens (tertiary/aromatic N) is 1. The molecule has 0 atom stereocenters. The van der Waals surface area contributed by atoms with Crippen LogP contribution in [0.2, 0.25) is 0 Å². The summed E-state index contributed by atoms with van der Waals surface area (Å²) in [4.78, 5) is 12.0. The summed E-state index contributed by atoms with van der Waals surface area (Å²) in [5.41, 5.74) is -0.0620. The summed E-state index contributed by atoms with van der Waals surface area (Å²) >= 11 is 4.91. The van der Waals surface area contributed by atoms with E-state index in [2.05, 4.69) is 15.9 Å². The molecule has 1 aromatic heterocycles. The van der Waals surface area contributed by atoms with Gasteiger partial charge in [-0.05, 0) is 34.1 Å². The van der Waals surface area contributed by atoms with Crippen molar-refractivity contribution < 1.29 is 13.2 Å². The molecular formula is C20H19BrN2O3S2. The number of Topliss-reactive ketones (excluding diaryl/α,β-unsaturated/α-hetero) is 1. The predicted octanol–water partition coefficient (Wildman–Crippen LogP) is 5.25. The van der Waals surface area contributed by atoms with Gasteiger partial charge in [-0.1, -0.05) is 43.3 Å². The fourth-order valence-electron chi connectivity index (χ4n) is 2.78. The Labute approximate surface area is 176 Å². The third-order valence-corrected chi connectivity index (χ3v) is 8.49. The molecule has 0 aliphatic heterocycles. The van der Waals surface area contributed by atoms with Gasteiger partial charge in [0.05, 0.1) is 15.1 Å². The Morgan fingerprint density at radius 3 is 2.39 bits per heavy atom. The van der Waals surface area contributed by atoms with Crippen LogP contribution in [0.5, 0.6) is 0 Å². The average molecular weight is 479 g/mol. The van der Waals surface area contributed by atoms with Crippen molar-refractivity contribution in [1.29, 1.82) is 5.41 Å². The van der Waals surface area contributed by atoms with E-state index in [-0.39, 0.29) is 35.8 Å². The van der Waals surface area contributed by atoms with Crippen molar-refractivity contribution in [2.45, 2.75) is 24.7 Å². The van der Waals surface area contributed by atoms with Gasteiger partial charge in [-0.15, -0.1) is 11.3 Å². The molecule has 0 bridgehead atoms. The first kappa shape index (κ1) is 20.7. The molecule has 0 radical (unpaired) electrons. The Morgan fingerprint density at radius 1 is 1.11 bits per heavy atom. The molecule has 3 aromatic rings. The fraction of sp³-hybridized carbons (Fsp3) is 0.200. The zero-order valence-corrected chi connectivity index (χ0v) is 18.4. The highest BCUT2D eigenvalue weighted by molar-refractivity contribution is 9.10. The van der Waals surface area contributed by atoms with Crippen molar-refractivity contribution in [2.75, 3.05) is 10.8 Å². The van der Waals surface area contributed by atoms with E-state index >= 15 is 0 Å². The van der Waals surface area contributed by atoms with Crippen molar-refractivity contribution in [3.63, 3.8) is 0 Å². The van der Waals surface area contributed by atoms with E-state index in [1.807, 2.05) is 24.3 Å². The first-order chi connectivity index (χ1) is 13.4. The zero-order valence-electron chi connectivity index (χ0n) is 15.2. The Kier molecular flexibility index (Phi) is 6.32. The first-order valence-corrected chi connectivity index (χ1v) is 11.8. The molecule has 146 valence electrons. The number of fused-ring (bicyclic) bond motifs is 1. The standard InChI is InChI=1S/C20H19BrN2O3S2/c1-2-17(24)16(22)12-13-23(28(25,26)14-8-4-3-5-9-14)20-19(21)15-10-6-7-11-18(15)27-20/h3-11,22H,2,12-13H2,1H3. The third-order valence-electron chi connectivity index (χ3n) is 4.30. The lowest BCUT2D eigenvalue weighted by Crippen LogP contribution is -2.33. The molecule has 0 fully saturated rings. The number of nitrogens with one attached hydrogen (secondary N) is 1. The molecular weight excluding hydrogens is 460 g/mol. The smallest absolute Gasteiger partial charge is 0.264 e. The predicted molar refractivity (Wildman–Crippen MR) is 118 cm³/mol. The highest BCUT2D eigenvalue weighted by atomic mass is 79.9. The highest BCUT2D eigenvalue weighted by Crippen LogP contribution is 2.43. The van der Waals surface area contributed by atoms with Gasteiger partial charge in [-0.2, -0.15) is 0 Å². The number of hydrogen-bond donors (Lipinski definition) is 1. The largest absolute Gasteiger partial charge is 0.302 e. The van der Waals surface area contributed by atoms with E-state index in [0.29, 0.717) is 9.47 Å². The molecule has 0 amide bonds. The molecule has 28 heavy (non-hydrogen) atoms. The second kappa shape index (κ2) is 8.55. The van der Waals surface area contributed by atoms with Gasteiger partial charge in [0.1, 0.15) is 5.00 Å². The quantitative estimate of drug-likeness (QED) is 0.449. The molecule has 0 aliphatic rings. The maximum atomic E-state index is 13.4. The van der Waals surface area contributed by atoms with Gasteiger partial charge in [0.25, 0.3) is 10.0 Å². The third kappa shape index (κ3) is 4.04. The van der Waals surface area contributed by atoms with E-state index in [1.165, 1.54) is 15.6 Å². The van der Waals surface area contributed by atoms with Crippen LogP contribution in [0.25, 0.3) is 10.1 Å². The molecule has 0 aliphatic carbocycles. The number of carbonyl (C=O) groups is 1. The van der Waals surface area contributed by atoms with Gasteiger partial charge in [0, 0.05) is 29.5 Å². The SMILES string of the molecule is CCC(=O)C(=N)CCN(c1sc2ccccc2c1Br)S(=O)(=O)c1ccccc1. The number of carbonyl (C=O) groups excluding carboxylic acids is 1. The van der Waals surface area contributed by atoms with Crippen molar-refractivity contribution in [3.8, 4) is 0 Å². The van der Waals surface area contributed by atoms with Crippen LogP contribution in [0, 0.1) is 5.41 Å². The molecule has 8 heteroatoms. The summed E-state index contributed by atoms with van der Waals surface area (Å²) in [5.74, 6) is -0.271. The van der Waals surface area contributed by atoms with Gasteiger partial charge >= 0.3 is 0 Å². The normalized spacial score (nSPS) is 11.5. The van der Waals surface area contributed by atoms with Crippen LogP contribution in [0.1, 0.15) is 19.8 Å². The van der Waals surface area contributed by atoms with Crippen molar-refractivity contribution in [3.05, 3.63) is 59.1 Å². The van der Waals surface area contributed by atoms with Crippen molar-refractivity contribution >= 4 is 63.9 Å². The van der Waals surface area contributed by atoms with Gasteiger partial charge in [0.2, 0.25) is 0 Å². The molecule has 1 heterocycles. The van der Waals surface area contributed by atoms with Gasteiger partial charge in [-0.3, -0.25) is 9.10 Å². The van der Waals surface area contributed by atoms with Gasteiger partial charge in [0.15, 0.2) is 5.78 Å². The van der Waals surface area contributed by atoms with Crippen LogP contribution in [-0.2, 0) is 14.8 Å². The van der Waals surface area contributed by atoms with Crippen LogP contribution < -0.4 is 4.31 Å². The topological polar surface area (TPSA) is 78.3 Å². The minimum atomic E-state index is -3.85. The Balaban J connectivity index is 2.07. The summed E-state index contributed by atoms with van der Waals surface area (Å²) in [5, 5.41) is 9.41. The molecule has 5 nitrogen and oxygen atoms in total. The Morgan fingerprint density at radius 2 is 1.75 bits per heavy atom. The number of sulfonamides is 1. The molecule has 0 spiro atoms. The van der Waals surface area contributed by atoms with E-state index in [4.69, 9.17) is 5.41 Å². The summed E-state index contributed by atoms with van der Waals surface area (Å²) in [7, 11) is -3.85. The number of hydrogen-bond acceptors (Lipinski definition) is 5. The van der Waals surface area contributed by atoms with Gasteiger partial charge in [-0.25, -0.2) is 8.42 Å². The molecule has 0 unspecified atom stereocenters. The maximum absolute atomic E-state index is 13.4. The number of rotatable bonds is 8. The molecule has 0 saturated heterocycles. The monoisotopic (exact) mass is 478 g/mol. The Hall–Kier alpha value is -2.03. The summed E-state index contributed by atoms with van der Waals surface area (Å²) < 4.78 is 29.7. The van der Waals surface area contributed by atoms with E-state index in [0.717, 1.165) is 10.1 Å². The Bertz CT molecular complexity index is 1120. The van der Waals surface area contributed by atoms with Crippen molar-refractivity contribution in [2.24, 2.45) is 0 Å². The van der Waals surface area contributed by atoms with Crippen LogP contribution in [0.15, 0.2) is 64.0 Å². The zero-order chi connectivity index (χ0) is 20.3. The lowest BCUT2D eigenvalue weighted by Gasteiger charge is -2.23. The average Bonchev–Trinajstić information content (AvgIpc) is 3.04.